The van der Waals surface area contributed by atoms with Gasteiger partial charge in [-0.15, -0.1) is 11.3 Å². The summed E-state index contributed by atoms with van der Waals surface area (Å²) >= 11 is 1.74. The summed E-state index contributed by atoms with van der Waals surface area (Å²) in [6.45, 7) is 6.17. The quantitative estimate of drug-likeness (QED) is 0.857. The van der Waals surface area contributed by atoms with Gasteiger partial charge in [0.25, 0.3) is 0 Å². The maximum Gasteiger partial charge on any atom is 0.225 e. The van der Waals surface area contributed by atoms with Crippen molar-refractivity contribution in [3.8, 4) is 0 Å². The monoisotopic (exact) mass is 238 g/mol. The summed E-state index contributed by atoms with van der Waals surface area (Å²) in [6.07, 6.45) is 0.472. The summed E-state index contributed by atoms with van der Waals surface area (Å²) in [7, 11) is 0. The number of hydrogen-bond acceptors (Lipinski definition) is 3. The Kier molecular flexibility index (Phi) is 3.04. The van der Waals surface area contributed by atoms with Crippen LogP contribution in [0.2, 0.25) is 0 Å². The molecule has 2 atom stereocenters. The highest BCUT2D eigenvalue weighted by atomic mass is 32.1. The molecule has 4 heteroatoms. The molecule has 16 heavy (non-hydrogen) atoms. The number of rotatable bonds is 2. The molecule has 0 aliphatic carbocycles. The molecule has 1 saturated heterocycles. The van der Waals surface area contributed by atoms with Gasteiger partial charge in [0.1, 0.15) is 0 Å². The molecule has 2 rings (SSSR count). The van der Waals surface area contributed by atoms with Crippen LogP contribution in [0.15, 0.2) is 12.1 Å². The summed E-state index contributed by atoms with van der Waals surface area (Å²) < 4.78 is 0. The largest absolute Gasteiger partial charge is 0.331 e. The van der Waals surface area contributed by atoms with Crippen LogP contribution in [-0.2, 0) is 4.79 Å². The van der Waals surface area contributed by atoms with E-state index < -0.39 is 0 Å². The summed E-state index contributed by atoms with van der Waals surface area (Å²) in [5, 5.41) is 0. The maximum atomic E-state index is 11.9. The van der Waals surface area contributed by atoms with Gasteiger partial charge in [-0.25, -0.2) is 0 Å². The molecule has 0 spiro atoms. The SMILES string of the molecule is Cc1ccc([C@@H]2[C@@H](N)CC(=O)N2C(C)C)s1. The molecule has 3 nitrogen and oxygen atoms in total. The molecule has 0 radical (unpaired) electrons. The second kappa shape index (κ2) is 4.18. The molecule has 0 unspecified atom stereocenters. The van der Waals surface area contributed by atoms with Gasteiger partial charge in [-0.2, -0.15) is 0 Å². The molecule has 88 valence electrons. The van der Waals surface area contributed by atoms with E-state index in [2.05, 4.69) is 19.1 Å². The number of thiophene rings is 1. The van der Waals surface area contributed by atoms with Gasteiger partial charge in [0, 0.05) is 28.3 Å². The average molecular weight is 238 g/mol. The van der Waals surface area contributed by atoms with E-state index in [0.717, 1.165) is 0 Å². The first-order valence-electron chi connectivity index (χ1n) is 5.63. The van der Waals surface area contributed by atoms with Gasteiger partial charge < -0.3 is 10.6 Å². The summed E-state index contributed by atoms with van der Waals surface area (Å²) in [5.41, 5.74) is 6.08. The van der Waals surface area contributed by atoms with Crippen molar-refractivity contribution in [1.82, 2.24) is 4.90 Å². The van der Waals surface area contributed by atoms with Crippen LogP contribution in [0.5, 0.6) is 0 Å². The first-order valence-corrected chi connectivity index (χ1v) is 6.45. The lowest BCUT2D eigenvalue weighted by Crippen LogP contribution is -2.37. The van der Waals surface area contributed by atoms with Gasteiger partial charge in [0.2, 0.25) is 5.91 Å². The number of carbonyl (C=O) groups is 1. The van der Waals surface area contributed by atoms with Crippen molar-refractivity contribution in [2.24, 2.45) is 5.73 Å². The van der Waals surface area contributed by atoms with Gasteiger partial charge in [0.05, 0.1) is 6.04 Å². The third-order valence-electron chi connectivity index (χ3n) is 3.01. The van der Waals surface area contributed by atoms with Gasteiger partial charge in [0.15, 0.2) is 0 Å². The lowest BCUT2D eigenvalue weighted by atomic mass is 10.1. The normalized spacial score (nSPS) is 25.8. The van der Waals surface area contributed by atoms with E-state index in [-0.39, 0.29) is 24.0 Å². The van der Waals surface area contributed by atoms with Crippen LogP contribution < -0.4 is 5.73 Å². The van der Waals surface area contributed by atoms with E-state index in [1.165, 1.54) is 9.75 Å². The van der Waals surface area contributed by atoms with Crippen molar-refractivity contribution in [3.63, 3.8) is 0 Å². The minimum atomic E-state index is -0.0621. The fourth-order valence-electron chi connectivity index (χ4n) is 2.35. The molecule has 1 aliphatic heterocycles. The number of likely N-dealkylation sites (tertiary alicyclic amines) is 1. The zero-order valence-electron chi connectivity index (χ0n) is 9.93. The van der Waals surface area contributed by atoms with Crippen molar-refractivity contribution in [2.45, 2.75) is 45.3 Å². The van der Waals surface area contributed by atoms with E-state index in [9.17, 15) is 4.79 Å². The zero-order chi connectivity index (χ0) is 11.9. The molecule has 1 aromatic heterocycles. The third kappa shape index (κ3) is 1.87. The van der Waals surface area contributed by atoms with Gasteiger partial charge in [-0.3, -0.25) is 4.79 Å². The van der Waals surface area contributed by atoms with E-state index >= 15 is 0 Å². The topological polar surface area (TPSA) is 46.3 Å². The van der Waals surface area contributed by atoms with Crippen LogP contribution in [0.4, 0.5) is 0 Å². The second-order valence-corrected chi connectivity index (χ2v) is 5.98. The average Bonchev–Trinajstić information content (AvgIpc) is 2.69. The minimum absolute atomic E-state index is 0.0621. The van der Waals surface area contributed by atoms with E-state index in [0.29, 0.717) is 6.42 Å². The Bertz CT molecular complexity index is 399. The predicted octanol–water partition coefficient (Wildman–Crippen LogP) is 2.07. The van der Waals surface area contributed by atoms with E-state index in [1.807, 2.05) is 18.7 Å². The van der Waals surface area contributed by atoms with Gasteiger partial charge in [-0.05, 0) is 32.9 Å². The maximum absolute atomic E-state index is 11.9. The second-order valence-electron chi connectivity index (χ2n) is 4.66. The van der Waals surface area contributed by atoms with E-state index in [4.69, 9.17) is 5.73 Å². The summed E-state index contributed by atoms with van der Waals surface area (Å²) in [6, 6.07) is 4.42. The highest BCUT2D eigenvalue weighted by molar-refractivity contribution is 7.12. The molecule has 2 N–H and O–H groups in total. The molecule has 0 saturated carbocycles. The Labute approximate surface area is 100 Å². The van der Waals surface area contributed by atoms with Crippen LogP contribution in [0, 0.1) is 6.92 Å². The van der Waals surface area contributed by atoms with Gasteiger partial charge in [-0.1, -0.05) is 0 Å². The predicted molar refractivity (Wildman–Crippen MR) is 66.4 cm³/mol. The fraction of sp³-hybridized carbons (Fsp3) is 0.583. The van der Waals surface area contributed by atoms with Crippen molar-refractivity contribution in [3.05, 3.63) is 21.9 Å². The zero-order valence-corrected chi connectivity index (χ0v) is 10.8. The van der Waals surface area contributed by atoms with Crippen molar-refractivity contribution in [1.29, 1.82) is 0 Å². The summed E-state index contributed by atoms with van der Waals surface area (Å²) in [5.74, 6) is 0.179. The standard InChI is InChI=1S/C12H18N2OS/c1-7(2)14-11(15)6-9(13)12(14)10-5-4-8(3)16-10/h4-5,7,9,12H,6,13H2,1-3H3/t9-,12-/m0/s1. The highest BCUT2D eigenvalue weighted by Crippen LogP contribution is 2.36. The number of aryl methyl sites for hydroxylation is 1. The minimum Gasteiger partial charge on any atom is -0.331 e. The molecular formula is C12H18N2OS. The Morgan fingerprint density at radius 1 is 1.50 bits per heavy atom. The Balaban J connectivity index is 2.33. The molecular weight excluding hydrogens is 220 g/mol. The smallest absolute Gasteiger partial charge is 0.225 e. The van der Waals surface area contributed by atoms with Crippen LogP contribution in [0.1, 0.15) is 36.1 Å². The first-order chi connectivity index (χ1) is 7.50. The highest BCUT2D eigenvalue weighted by Gasteiger charge is 2.40. The molecule has 1 amide bonds. The third-order valence-corrected chi connectivity index (χ3v) is 4.08. The summed E-state index contributed by atoms with van der Waals surface area (Å²) in [4.78, 5) is 16.3. The van der Waals surface area contributed by atoms with Crippen LogP contribution in [0.25, 0.3) is 0 Å². The Hall–Kier alpha value is -0.870. The Morgan fingerprint density at radius 3 is 2.69 bits per heavy atom. The van der Waals surface area contributed by atoms with Gasteiger partial charge >= 0.3 is 0 Å². The van der Waals surface area contributed by atoms with Crippen molar-refractivity contribution in [2.75, 3.05) is 0 Å². The molecule has 0 bridgehead atoms. The van der Waals surface area contributed by atoms with Crippen LogP contribution >= 0.6 is 11.3 Å². The number of carbonyl (C=O) groups excluding carboxylic acids is 1. The molecule has 1 fully saturated rings. The molecule has 2 heterocycles. The van der Waals surface area contributed by atoms with Crippen LogP contribution in [0.3, 0.4) is 0 Å². The lowest BCUT2D eigenvalue weighted by Gasteiger charge is -2.29. The van der Waals surface area contributed by atoms with Crippen molar-refractivity contribution < 1.29 is 4.79 Å². The number of nitrogens with zero attached hydrogens (tertiary/aromatic N) is 1. The van der Waals surface area contributed by atoms with Crippen LogP contribution in [-0.4, -0.2) is 22.9 Å². The number of nitrogens with two attached hydrogens (primary N) is 1. The number of hydrogen-bond donors (Lipinski definition) is 1. The molecule has 1 aromatic rings. The fourth-order valence-corrected chi connectivity index (χ4v) is 3.40. The van der Waals surface area contributed by atoms with E-state index in [1.54, 1.807) is 11.3 Å². The van der Waals surface area contributed by atoms with Crippen molar-refractivity contribution >= 4 is 17.2 Å². The lowest BCUT2D eigenvalue weighted by molar-refractivity contribution is -0.130. The number of amides is 1. The Morgan fingerprint density at radius 2 is 2.19 bits per heavy atom. The molecule has 0 aromatic carbocycles. The molecule has 1 aliphatic rings. The first kappa shape index (κ1) is 11.6.